The molecule has 0 bridgehead atoms. The van der Waals surface area contributed by atoms with Gasteiger partial charge in [0.25, 0.3) is 0 Å². The number of pyridine rings is 1. The van der Waals surface area contributed by atoms with Crippen LogP contribution in [0.3, 0.4) is 0 Å². The Hall–Kier alpha value is -3.22. The van der Waals surface area contributed by atoms with E-state index in [4.69, 9.17) is 0 Å². The summed E-state index contributed by atoms with van der Waals surface area (Å²) in [5, 5.41) is 6.57. The van der Waals surface area contributed by atoms with E-state index >= 15 is 0 Å². The third-order valence-corrected chi connectivity index (χ3v) is 5.09. The second-order valence-electron chi connectivity index (χ2n) is 7.01. The van der Waals surface area contributed by atoms with Crippen molar-refractivity contribution in [2.75, 3.05) is 0 Å². The van der Waals surface area contributed by atoms with Crippen molar-refractivity contribution in [3.8, 4) is 0 Å². The van der Waals surface area contributed by atoms with Crippen LogP contribution in [0.2, 0.25) is 0 Å². The number of nitrogens with zero attached hydrogens (tertiary/aromatic N) is 1. The van der Waals surface area contributed by atoms with Gasteiger partial charge in [0.15, 0.2) is 0 Å². The van der Waals surface area contributed by atoms with Crippen LogP contribution >= 0.6 is 0 Å². The molecule has 3 heterocycles. The molecule has 144 valence electrons. The van der Waals surface area contributed by atoms with Crippen molar-refractivity contribution < 1.29 is 14.0 Å². The van der Waals surface area contributed by atoms with Gasteiger partial charge in [0.1, 0.15) is 18.8 Å². The molecule has 0 saturated carbocycles. The minimum absolute atomic E-state index is 0.190. The Kier molecular flexibility index (Phi) is 5.06. The minimum Gasteiger partial charge on any atom is -0.361 e. The molecule has 4 rings (SSSR count). The summed E-state index contributed by atoms with van der Waals surface area (Å²) in [6.07, 6.45) is 4.97. The molecular formula is C21H21FN4O2. The zero-order valence-electron chi connectivity index (χ0n) is 15.2. The fraction of sp³-hybridized carbons (Fsp3) is 0.286. The zero-order chi connectivity index (χ0) is 19.5. The van der Waals surface area contributed by atoms with Crippen molar-refractivity contribution in [1.82, 2.24) is 20.6 Å². The Labute approximate surface area is 161 Å². The second-order valence-corrected chi connectivity index (χ2v) is 7.01. The van der Waals surface area contributed by atoms with Gasteiger partial charge in [-0.3, -0.25) is 14.6 Å². The molecule has 0 spiro atoms. The number of hydrogen-bond donors (Lipinski definition) is 3. The summed E-state index contributed by atoms with van der Waals surface area (Å²) in [7, 11) is 0. The molecule has 1 aromatic carbocycles. The maximum Gasteiger partial charge on any atom is 0.243 e. The van der Waals surface area contributed by atoms with E-state index in [1.807, 2.05) is 30.5 Å². The number of carbonyl (C=O) groups excluding carboxylic acids is 2. The lowest BCUT2D eigenvalue weighted by Crippen LogP contribution is -2.62. The summed E-state index contributed by atoms with van der Waals surface area (Å²) in [4.78, 5) is 32.2. The van der Waals surface area contributed by atoms with E-state index in [1.54, 1.807) is 18.3 Å². The fourth-order valence-electron chi connectivity index (χ4n) is 3.57. The average Bonchev–Trinajstić information content (AvgIpc) is 3.12. The van der Waals surface area contributed by atoms with Gasteiger partial charge in [-0.1, -0.05) is 12.1 Å². The van der Waals surface area contributed by atoms with E-state index in [0.29, 0.717) is 24.8 Å². The number of aromatic nitrogens is 2. The Morgan fingerprint density at radius 3 is 2.64 bits per heavy atom. The SMILES string of the molecule is O=C1N[C@H](CCc2c[nH]c3ccc(CF)cc23)C(=O)N[C@H]1Cc1ccccn1. The van der Waals surface area contributed by atoms with Crippen molar-refractivity contribution in [2.45, 2.75) is 38.0 Å². The molecule has 7 heteroatoms. The van der Waals surface area contributed by atoms with Crippen molar-refractivity contribution in [1.29, 1.82) is 0 Å². The zero-order valence-corrected chi connectivity index (χ0v) is 15.2. The van der Waals surface area contributed by atoms with Gasteiger partial charge in [0.2, 0.25) is 11.8 Å². The molecule has 3 aromatic rings. The Bertz CT molecular complexity index is 1000. The number of piperazine rings is 1. The van der Waals surface area contributed by atoms with Crippen LogP contribution in [-0.2, 0) is 29.1 Å². The number of H-pyrrole nitrogens is 1. The lowest BCUT2D eigenvalue weighted by molar-refractivity contribution is -0.136. The minimum atomic E-state index is -0.612. The topological polar surface area (TPSA) is 86.9 Å². The first-order valence-corrected chi connectivity index (χ1v) is 9.29. The summed E-state index contributed by atoms with van der Waals surface area (Å²) >= 11 is 0. The Morgan fingerprint density at radius 1 is 1.04 bits per heavy atom. The van der Waals surface area contributed by atoms with Gasteiger partial charge in [-0.15, -0.1) is 0 Å². The van der Waals surface area contributed by atoms with Crippen LogP contribution in [0.15, 0.2) is 48.8 Å². The van der Waals surface area contributed by atoms with Gasteiger partial charge < -0.3 is 15.6 Å². The number of amides is 2. The van der Waals surface area contributed by atoms with Crippen molar-refractivity contribution in [3.05, 3.63) is 65.6 Å². The summed E-state index contributed by atoms with van der Waals surface area (Å²) in [6, 6.07) is 9.71. The highest BCUT2D eigenvalue weighted by atomic mass is 19.1. The molecule has 0 radical (unpaired) electrons. The standard InChI is InChI=1S/C21H21FN4O2/c22-11-13-4-6-17-16(9-13)14(12-24-17)5-7-18-20(27)26-19(21(28)25-18)10-15-3-1-2-8-23-15/h1-4,6,8-9,12,18-19,24H,5,7,10-11H2,(H,25,28)(H,26,27)/t18-,19+/m1/s1. The third kappa shape index (κ3) is 3.74. The van der Waals surface area contributed by atoms with E-state index < -0.39 is 18.8 Å². The third-order valence-electron chi connectivity index (χ3n) is 5.09. The van der Waals surface area contributed by atoms with Gasteiger partial charge in [0, 0.05) is 35.4 Å². The highest BCUT2D eigenvalue weighted by Gasteiger charge is 2.33. The van der Waals surface area contributed by atoms with Gasteiger partial charge in [0.05, 0.1) is 0 Å². The van der Waals surface area contributed by atoms with E-state index in [2.05, 4.69) is 20.6 Å². The quantitative estimate of drug-likeness (QED) is 0.613. The maximum atomic E-state index is 12.9. The number of benzene rings is 1. The molecule has 1 aliphatic rings. The Balaban J connectivity index is 1.40. The Morgan fingerprint density at radius 2 is 1.86 bits per heavy atom. The molecule has 2 atom stereocenters. The summed E-state index contributed by atoms with van der Waals surface area (Å²) < 4.78 is 12.9. The molecule has 0 unspecified atom stereocenters. The highest BCUT2D eigenvalue weighted by molar-refractivity contribution is 5.97. The lowest BCUT2D eigenvalue weighted by atomic mass is 9.99. The summed E-state index contributed by atoms with van der Waals surface area (Å²) in [6.45, 7) is -0.515. The van der Waals surface area contributed by atoms with Crippen LogP contribution < -0.4 is 10.6 Å². The van der Waals surface area contributed by atoms with Gasteiger partial charge >= 0.3 is 0 Å². The van der Waals surface area contributed by atoms with Crippen LogP contribution in [0.1, 0.15) is 23.2 Å². The van der Waals surface area contributed by atoms with Gasteiger partial charge in [-0.05, 0) is 48.2 Å². The van der Waals surface area contributed by atoms with Crippen molar-refractivity contribution in [2.24, 2.45) is 0 Å². The predicted octanol–water partition coefficient (Wildman–Crippen LogP) is 2.19. The number of hydrogen-bond acceptors (Lipinski definition) is 3. The molecule has 6 nitrogen and oxygen atoms in total. The molecule has 2 aromatic heterocycles. The van der Waals surface area contributed by atoms with E-state index in [1.165, 1.54) is 0 Å². The molecule has 1 aliphatic heterocycles. The molecule has 3 N–H and O–H groups in total. The number of alkyl halides is 1. The number of carbonyl (C=O) groups is 2. The summed E-state index contributed by atoms with van der Waals surface area (Å²) in [5.41, 5.74) is 3.31. The first-order valence-electron chi connectivity index (χ1n) is 9.29. The van der Waals surface area contributed by atoms with Crippen LogP contribution in [0.25, 0.3) is 10.9 Å². The fourth-order valence-corrected chi connectivity index (χ4v) is 3.57. The van der Waals surface area contributed by atoms with Gasteiger partial charge in [-0.2, -0.15) is 0 Å². The number of nitrogens with one attached hydrogen (secondary N) is 3. The lowest BCUT2D eigenvalue weighted by Gasteiger charge is -2.29. The monoisotopic (exact) mass is 380 g/mol. The molecule has 1 fully saturated rings. The number of halogens is 1. The second kappa shape index (κ2) is 7.80. The molecule has 28 heavy (non-hydrogen) atoms. The van der Waals surface area contributed by atoms with Crippen LogP contribution in [-0.4, -0.2) is 33.9 Å². The van der Waals surface area contributed by atoms with E-state index in [9.17, 15) is 14.0 Å². The van der Waals surface area contributed by atoms with Crippen LogP contribution in [0, 0.1) is 0 Å². The largest absolute Gasteiger partial charge is 0.361 e. The van der Waals surface area contributed by atoms with Crippen LogP contribution in [0.5, 0.6) is 0 Å². The number of aromatic amines is 1. The average molecular weight is 380 g/mol. The first kappa shape index (κ1) is 18.2. The smallest absolute Gasteiger partial charge is 0.243 e. The van der Waals surface area contributed by atoms with Gasteiger partial charge in [-0.25, -0.2) is 4.39 Å². The van der Waals surface area contributed by atoms with E-state index in [0.717, 1.165) is 22.2 Å². The van der Waals surface area contributed by atoms with Crippen LogP contribution in [0.4, 0.5) is 4.39 Å². The molecule has 2 amide bonds. The normalized spacial score (nSPS) is 19.5. The van der Waals surface area contributed by atoms with E-state index in [-0.39, 0.29) is 11.8 Å². The first-order chi connectivity index (χ1) is 13.6. The number of aryl methyl sites for hydroxylation is 1. The molecular weight excluding hydrogens is 359 g/mol. The van der Waals surface area contributed by atoms with Crippen molar-refractivity contribution >= 4 is 22.7 Å². The molecule has 1 saturated heterocycles. The molecule has 0 aliphatic carbocycles. The highest BCUT2D eigenvalue weighted by Crippen LogP contribution is 2.22. The summed E-state index contributed by atoms with van der Waals surface area (Å²) in [5.74, 6) is -0.390. The predicted molar refractivity (Wildman–Crippen MR) is 103 cm³/mol. The maximum absolute atomic E-state index is 12.9. The number of rotatable bonds is 6. The van der Waals surface area contributed by atoms with Crippen molar-refractivity contribution in [3.63, 3.8) is 0 Å². The number of fused-ring (bicyclic) bond motifs is 1.